The summed E-state index contributed by atoms with van der Waals surface area (Å²) in [6.45, 7) is 0. The number of hydrogen-bond donors (Lipinski definition) is 0. The highest BCUT2D eigenvalue weighted by Crippen LogP contribution is 2.63. The fourth-order valence-electron chi connectivity index (χ4n) is 11.2. The molecule has 0 unspecified atom stereocenters. The number of hydrogen-bond acceptors (Lipinski definition) is 1. The van der Waals surface area contributed by atoms with Crippen molar-refractivity contribution in [1.82, 2.24) is 0 Å². The van der Waals surface area contributed by atoms with Gasteiger partial charge >= 0.3 is 0 Å². The molecule has 318 valence electrons. The predicted molar refractivity (Wildman–Crippen MR) is 285 cm³/mol. The first-order valence-electron chi connectivity index (χ1n) is 23.6. The molecule has 11 aromatic carbocycles. The molecule has 2 aliphatic carbocycles. The van der Waals surface area contributed by atoms with E-state index in [2.05, 4.69) is 278 Å². The minimum absolute atomic E-state index is 0.397. The second-order valence-electron chi connectivity index (χ2n) is 18.0. The van der Waals surface area contributed by atoms with Gasteiger partial charge in [-0.05, 0) is 155 Å². The average molecular weight is 864 g/mol. The van der Waals surface area contributed by atoms with Crippen molar-refractivity contribution in [2.24, 2.45) is 0 Å². The molecule has 0 amide bonds. The zero-order chi connectivity index (χ0) is 45.0. The molecule has 0 bridgehead atoms. The summed E-state index contributed by atoms with van der Waals surface area (Å²) in [5.41, 5.74) is 25.2. The minimum atomic E-state index is -0.397. The van der Waals surface area contributed by atoms with Crippen molar-refractivity contribution in [1.29, 1.82) is 0 Å². The number of rotatable bonds is 8. The number of fused-ring (bicyclic) bond motifs is 10. The summed E-state index contributed by atoms with van der Waals surface area (Å²) in [5, 5.41) is 0. The molecule has 68 heavy (non-hydrogen) atoms. The molecule has 1 heteroatoms. The third-order valence-corrected chi connectivity index (χ3v) is 14.2. The van der Waals surface area contributed by atoms with Crippen LogP contribution in [0, 0.1) is 0 Å². The number of anilines is 3. The molecule has 1 spiro atoms. The van der Waals surface area contributed by atoms with Crippen LogP contribution >= 0.6 is 0 Å². The summed E-state index contributed by atoms with van der Waals surface area (Å²) >= 11 is 0. The fraction of sp³-hybridized carbons (Fsp3) is 0.0149. The van der Waals surface area contributed by atoms with Gasteiger partial charge in [-0.15, -0.1) is 0 Å². The monoisotopic (exact) mass is 863 g/mol. The van der Waals surface area contributed by atoms with E-state index in [1.54, 1.807) is 0 Å². The van der Waals surface area contributed by atoms with Crippen LogP contribution in [0.5, 0.6) is 0 Å². The Morgan fingerprint density at radius 2 is 0.500 bits per heavy atom. The Labute approximate surface area is 398 Å². The maximum atomic E-state index is 2.48. The van der Waals surface area contributed by atoms with Crippen molar-refractivity contribution in [3.8, 4) is 77.9 Å². The molecule has 13 rings (SSSR count). The summed E-state index contributed by atoms with van der Waals surface area (Å²) in [6, 6.07) is 101. The maximum absolute atomic E-state index is 2.48. The Hall–Kier alpha value is -8.78. The SMILES string of the molecule is c1ccc(-c2cc(-c3ccccc3)cc(N(c3ccc(-c4ccc5c(c4)C4(c6ccccc6-c6ccccc64)c4ccccc4-5)cc3)c3cc(-c4ccccc4)cc(-c4ccccc4)c3)c2)cc1. The maximum Gasteiger partial charge on any atom is 0.0725 e. The van der Waals surface area contributed by atoms with Crippen LogP contribution in [-0.2, 0) is 5.41 Å². The molecule has 0 aromatic heterocycles. The molecule has 1 nitrogen and oxygen atoms in total. The Bertz CT molecular complexity index is 3340. The molecule has 0 N–H and O–H groups in total. The van der Waals surface area contributed by atoms with Crippen molar-refractivity contribution in [3.05, 3.63) is 295 Å². The first-order valence-corrected chi connectivity index (χ1v) is 23.6. The molecular formula is C67H45N. The van der Waals surface area contributed by atoms with Gasteiger partial charge in [0, 0.05) is 17.1 Å². The number of benzene rings is 11. The van der Waals surface area contributed by atoms with Gasteiger partial charge in [0.1, 0.15) is 0 Å². The zero-order valence-corrected chi connectivity index (χ0v) is 37.4. The molecule has 0 radical (unpaired) electrons. The van der Waals surface area contributed by atoms with E-state index in [1.165, 1.54) is 77.9 Å². The van der Waals surface area contributed by atoms with Crippen molar-refractivity contribution < 1.29 is 0 Å². The van der Waals surface area contributed by atoms with E-state index >= 15 is 0 Å². The first-order chi connectivity index (χ1) is 33.7. The Morgan fingerprint density at radius 3 is 0.882 bits per heavy atom. The molecule has 11 aromatic rings. The van der Waals surface area contributed by atoms with Gasteiger partial charge in [-0.25, -0.2) is 0 Å². The van der Waals surface area contributed by atoms with Crippen LogP contribution in [0.25, 0.3) is 77.9 Å². The van der Waals surface area contributed by atoms with E-state index in [1.807, 2.05) is 0 Å². The number of nitrogens with zero attached hydrogens (tertiary/aromatic N) is 1. The summed E-state index contributed by atoms with van der Waals surface area (Å²) < 4.78 is 0. The van der Waals surface area contributed by atoms with Gasteiger partial charge in [0.15, 0.2) is 0 Å². The highest BCUT2D eigenvalue weighted by atomic mass is 15.1. The van der Waals surface area contributed by atoms with Gasteiger partial charge in [-0.3, -0.25) is 0 Å². The van der Waals surface area contributed by atoms with E-state index in [0.29, 0.717) is 0 Å². The van der Waals surface area contributed by atoms with E-state index in [4.69, 9.17) is 0 Å². The molecule has 0 atom stereocenters. The topological polar surface area (TPSA) is 3.24 Å². The van der Waals surface area contributed by atoms with Crippen LogP contribution < -0.4 is 4.90 Å². The molecular weight excluding hydrogens is 819 g/mol. The van der Waals surface area contributed by atoms with Gasteiger partial charge in [0.25, 0.3) is 0 Å². The summed E-state index contributed by atoms with van der Waals surface area (Å²) in [6.07, 6.45) is 0. The highest BCUT2D eigenvalue weighted by Gasteiger charge is 2.51. The van der Waals surface area contributed by atoms with Crippen molar-refractivity contribution in [2.45, 2.75) is 5.41 Å². The largest absolute Gasteiger partial charge is 0.310 e. The smallest absolute Gasteiger partial charge is 0.0725 e. The standard InChI is InChI=1S/C67H45N/c1-5-19-46(20-6-1)52-39-53(47-21-7-2-8-22-47)42-57(41-52)68(58-43-54(48-23-9-3-10-24-48)40-55(44-58)49-25-11-4-12-26-49)56-36-33-50(34-37-56)51-35-38-62-61-29-15-18-32-65(61)67(66(62)45-51)63-30-16-13-27-59(63)60-28-14-17-31-64(60)67/h1-45H. The molecule has 0 heterocycles. The Morgan fingerprint density at radius 1 is 0.191 bits per heavy atom. The lowest BCUT2D eigenvalue weighted by Gasteiger charge is -2.30. The average Bonchev–Trinajstić information content (AvgIpc) is 3.89. The third-order valence-electron chi connectivity index (χ3n) is 14.2. The quantitative estimate of drug-likeness (QED) is 0.147. The van der Waals surface area contributed by atoms with Gasteiger partial charge in [0.05, 0.1) is 5.41 Å². The fourth-order valence-corrected chi connectivity index (χ4v) is 11.2. The van der Waals surface area contributed by atoms with E-state index in [-0.39, 0.29) is 0 Å². The highest BCUT2D eigenvalue weighted by molar-refractivity contribution is 5.96. The summed E-state index contributed by atoms with van der Waals surface area (Å²) in [5.74, 6) is 0. The van der Waals surface area contributed by atoms with Crippen LogP contribution in [0.1, 0.15) is 22.3 Å². The molecule has 0 saturated carbocycles. The lowest BCUT2D eigenvalue weighted by molar-refractivity contribution is 0.794. The molecule has 0 fully saturated rings. The van der Waals surface area contributed by atoms with Crippen LogP contribution in [0.3, 0.4) is 0 Å². The molecule has 2 aliphatic rings. The summed E-state index contributed by atoms with van der Waals surface area (Å²) in [7, 11) is 0. The normalized spacial score (nSPS) is 12.5. The molecule has 0 aliphatic heterocycles. The lowest BCUT2D eigenvalue weighted by Crippen LogP contribution is -2.25. The predicted octanol–water partition coefficient (Wildman–Crippen LogP) is 17.8. The Balaban J connectivity index is 1.00. The van der Waals surface area contributed by atoms with Gasteiger partial charge < -0.3 is 4.90 Å². The Kier molecular flexibility index (Phi) is 9.47. The van der Waals surface area contributed by atoms with Gasteiger partial charge in [-0.1, -0.05) is 218 Å². The second kappa shape index (κ2) is 16.3. The van der Waals surface area contributed by atoms with Gasteiger partial charge in [-0.2, -0.15) is 0 Å². The molecule has 0 saturated heterocycles. The van der Waals surface area contributed by atoms with Gasteiger partial charge in [0.2, 0.25) is 0 Å². The van der Waals surface area contributed by atoms with E-state index in [9.17, 15) is 0 Å². The van der Waals surface area contributed by atoms with E-state index in [0.717, 1.165) is 39.3 Å². The van der Waals surface area contributed by atoms with Crippen LogP contribution in [0.2, 0.25) is 0 Å². The third kappa shape index (κ3) is 6.47. The van der Waals surface area contributed by atoms with Crippen LogP contribution in [0.4, 0.5) is 17.1 Å². The first kappa shape index (κ1) is 39.6. The second-order valence-corrected chi connectivity index (χ2v) is 18.0. The lowest BCUT2D eigenvalue weighted by atomic mass is 9.70. The van der Waals surface area contributed by atoms with Crippen molar-refractivity contribution in [3.63, 3.8) is 0 Å². The van der Waals surface area contributed by atoms with Crippen LogP contribution in [0.15, 0.2) is 273 Å². The van der Waals surface area contributed by atoms with Crippen molar-refractivity contribution >= 4 is 17.1 Å². The zero-order valence-electron chi connectivity index (χ0n) is 37.4. The minimum Gasteiger partial charge on any atom is -0.310 e. The van der Waals surface area contributed by atoms with Crippen molar-refractivity contribution in [2.75, 3.05) is 4.90 Å². The van der Waals surface area contributed by atoms with Crippen LogP contribution in [-0.4, -0.2) is 0 Å². The van der Waals surface area contributed by atoms with E-state index < -0.39 is 5.41 Å². The summed E-state index contributed by atoms with van der Waals surface area (Å²) in [4.78, 5) is 2.45.